The van der Waals surface area contributed by atoms with Crippen molar-refractivity contribution in [1.29, 1.82) is 0 Å². The van der Waals surface area contributed by atoms with Gasteiger partial charge in [0.1, 0.15) is 43.2 Å². The molecule has 6 N–H and O–H groups in total. The van der Waals surface area contributed by atoms with E-state index in [-0.39, 0.29) is 12.8 Å². The van der Waals surface area contributed by atoms with Crippen molar-refractivity contribution in [2.24, 2.45) is 0 Å². The fraction of sp³-hybridized carbons (Fsp3) is 0.745. The normalized spacial score (nSPS) is 22.6. The van der Waals surface area contributed by atoms with Gasteiger partial charge >= 0.3 is 19.8 Å². The molecule has 0 saturated heterocycles. The van der Waals surface area contributed by atoms with E-state index in [0.29, 0.717) is 12.8 Å². The minimum Gasteiger partial charge on any atom is -0.462 e. The molecule has 1 fully saturated rings. The number of carbonyl (C=O) groups is 2. The Hall–Kier alpha value is -2.45. The molecule has 0 radical (unpaired) electrons. The van der Waals surface area contributed by atoms with Gasteiger partial charge in [-0.15, -0.1) is 0 Å². The molecule has 6 unspecified atom stereocenters. The van der Waals surface area contributed by atoms with Gasteiger partial charge in [-0.25, -0.2) is 4.57 Å². The van der Waals surface area contributed by atoms with Gasteiger partial charge < -0.3 is 39.9 Å². The highest BCUT2D eigenvalue weighted by atomic mass is 31.2. The maximum atomic E-state index is 12.8. The van der Waals surface area contributed by atoms with Crippen molar-refractivity contribution >= 4 is 19.8 Å². The molecule has 0 aromatic heterocycles. The predicted octanol–water partition coefficient (Wildman–Crippen LogP) is 8.94. The predicted molar refractivity (Wildman–Crippen MR) is 239 cm³/mol. The molecule has 0 aromatic rings. The van der Waals surface area contributed by atoms with E-state index in [1.54, 1.807) is 0 Å². The number of phosphoric ester groups is 1. The van der Waals surface area contributed by atoms with Crippen LogP contribution in [0.15, 0.2) is 60.8 Å². The first-order valence-corrected chi connectivity index (χ1v) is 24.6. The maximum Gasteiger partial charge on any atom is 0.472 e. The summed E-state index contributed by atoms with van der Waals surface area (Å²) < 4.78 is 33.5. The molecule has 0 heterocycles. The number of unbranched alkanes of at least 4 members (excludes halogenated alkanes) is 15. The van der Waals surface area contributed by atoms with Crippen LogP contribution in [0.1, 0.15) is 168 Å². The molecule has 1 aliphatic rings. The van der Waals surface area contributed by atoms with Crippen LogP contribution in [0.2, 0.25) is 0 Å². The number of phosphoric acid groups is 1. The molecule has 0 spiro atoms. The molecule has 61 heavy (non-hydrogen) atoms. The first-order valence-electron chi connectivity index (χ1n) is 23.1. The van der Waals surface area contributed by atoms with Gasteiger partial charge in [-0.1, -0.05) is 158 Å². The van der Waals surface area contributed by atoms with Crippen molar-refractivity contribution in [3.8, 4) is 0 Å². The fourth-order valence-corrected chi connectivity index (χ4v) is 7.64. The van der Waals surface area contributed by atoms with Crippen molar-refractivity contribution < 1.29 is 63.1 Å². The first-order chi connectivity index (χ1) is 29.4. The number of ether oxygens (including phenoxy) is 2. The van der Waals surface area contributed by atoms with Crippen molar-refractivity contribution in [3.05, 3.63) is 60.8 Å². The lowest BCUT2D eigenvalue weighted by molar-refractivity contribution is -0.220. The zero-order valence-corrected chi connectivity index (χ0v) is 38.1. The number of esters is 2. The van der Waals surface area contributed by atoms with E-state index in [1.165, 1.54) is 57.8 Å². The van der Waals surface area contributed by atoms with Crippen LogP contribution in [0, 0.1) is 0 Å². The summed E-state index contributed by atoms with van der Waals surface area (Å²) in [5.74, 6) is -1.14. The van der Waals surface area contributed by atoms with Crippen molar-refractivity contribution in [2.75, 3.05) is 13.2 Å². The van der Waals surface area contributed by atoms with Gasteiger partial charge in [0.05, 0.1) is 6.61 Å². The Bertz CT molecular complexity index is 1300. The minimum absolute atomic E-state index is 0.0565. The van der Waals surface area contributed by atoms with E-state index >= 15 is 0 Å². The summed E-state index contributed by atoms with van der Waals surface area (Å²) >= 11 is 0. The molecule has 0 aliphatic heterocycles. The lowest BCUT2D eigenvalue weighted by Gasteiger charge is -2.41. The van der Waals surface area contributed by atoms with Crippen LogP contribution in [0.3, 0.4) is 0 Å². The van der Waals surface area contributed by atoms with Gasteiger partial charge in [0.2, 0.25) is 0 Å². The van der Waals surface area contributed by atoms with E-state index in [2.05, 4.69) is 74.6 Å². The quantitative estimate of drug-likeness (QED) is 0.0149. The summed E-state index contributed by atoms with van der Waals surface area (Å²) in [6, 6.07) is 0. The highest BCUT2D eigenvalue weighted by molar-refractivity contribution is 7.47. The highest BCUT2D eigenvalue weighted by Crippen LogP contribution is 2.47. The van der Waals surface area contributed by atoms with Crippen molar-refractivity contribution in [3.63, 3.8) is 0 Å². The SMILES string of the molecule is CCC=CCC=CCC=CCC=CCC=CCCCCCC(=O)OC(COC(=O)CCCCCCCCCCCCCCC)COP(=O)(O)OC1C(O)C(O)C(O)C(O)C1O. The average molecular weight is 885 g/mol. The van der Waals surface area contributed by atoms with E-state index < -0.39 is 75.7 Å². The van der Waals surface area contributed by atoms with E-state index in [1.807, 2.05) is 0 Å². The number of hydrogen-bond donors (Lipinski definition) is 6. The number of hydrogen-bond acceptors (Lipinski definition) is 12. The van der Waals surface area contributed by atoms with Crippen LogP contribution < -0.4 is 0 Å². The van der Waals surface area contributed by atoms with Crippen LogP contribution >= 0.6 is 7.82 Å². The standard InChI is InChI=1S/C47H81O13P/c1-3-5-7-9-11-13-15-17-18-19-20-21-22-24-26-28-30-32-34-36-41(49)59-39(38-58-61(55,56)60-47-45(53)43(51)42(50)44(52)46(47)54)37-57-40(48)35-33-31-29-27-25-23-16-14-12-10-8-6-4-2/h5,7,11,13,17-18,20-21,24,26,39,42-47,50-54H,3-4,6,8-10,12,14-16,19,22-23,25,27-38H2,1-2H3,(H,55,56). The Morgan fingerprint density at radius 3 is 1.43 bits per heavy atom. The lowest BCUT2D eigenvalue weighted by Crippen LogP contribution is -2.64. The minimum atomic E-state index is -5.13. The van der Waals surface area contributed by atoms with Crippen LogP contribution in [-0.4, -0.2) is 98.3 Å². The molecular formula is C47H81O13P. The summed E-state index contributed by atoms with van der Waals surface area (Å²) in [6.07, 6.45) is 31.3. The summed E-state index contributed by atoms with van der Waals surface area (Å²) in [6.45, 7) is 3.15. The molecule has 0 bridgehead atoms. The number of carbonyl (C=O) groups excluding carboxylic acids is 2. The van der Waals surface area contributed by atoms with Gasteiger partial charge in [-0.3, -0.25) is 18.6 Å². The number of aliphatic hydroxyl groups is 5. The van der Waals surface area contributed by atoms with Crippen LogP contribution in [0.25, 0.3) is 0 Å². The third kappa shape index (κ3) is 29.5. The molecule has 1 saturated carbocycles. The van der Waals surface area contributed by atoms with E-state index in [4.69, 9.17) is 18.5 Å². The second-order valence-corrected chi connectivity index (χ2v) is 17.3. The molecule has 6 atom stereocenters. The fourth-order valence-electron chi connectivity index (χ4n) is 6.67. The molecule has 0 aromatic carbocycles. The number of allylic oxidation sites excluding steroid dienone is 10. The van der Waals surface area contributed by atoms with Crippen LogP contribution in [0.4, 0.5) is 0 Å². The van der Waals surface area contributed by atoms with Gasteiger partial charge in [-0.2, -0.15) is 0 Å². The summed E-state index contributed by atoms with van der Waals surface area (Å²) in [5, 5.41) is 50.1. The molecular weight excluding hydrogens is 803 g/mol. The van der Waals surface area contributed by atoms with Gasteiger partial charge in [0, 0.05) is 12.8 Å². The largest absolute Gasteiger partial charge is 0.472 e. The molecule has 1 aliphatic carbocycles. The molecule has 1 rings (SSSR count). The molecule has 13 nitrogen and oxygen atoms in total. The number of rotatable bonds is 37. The zero-order chi connectivity index (χ0) is 45.0. The van der Waals surface area contributed by atoms with Crippen molar-refractivity contribution in [1.82, 2.24) is 0 Å². The first kappa shape index (κ1) is 56.6. The molecule has 14 heteroatoms. The van der Waals surface area contributed by atoms with Gasteiger partial charge in [-0.05, 0) is 57.8 Å². The smallest absolute Gasteiger partial charge is 0.462 e. The summed E-state index contributed by atoms with van der Waals surface area (Å²) in [7, 11) is -5.13. The Balaban J connectivity index is 2.49. The lowest BCUT2D eigenvalue weighted by atomic mass is 9.85. The van der Waals surface area contributed by atoms with E-state index in [0.717, 1.165) is 70.6 Å². The molecule has 0 amide bonds. The number of aliphatic hydroxyl groups excluding tert-OH is 5. The second kappa shape index (κ2) is 37.0. The van der Waals surface area contributed by atoms with Crippen molar-refractivity contribution in [2.45, 2.75) is 211 Å². The summed E-state index contributed by atoms with van der Waals surface area (Å²) in [4.78, 5) is 35.7. The summed E-state index contributed by atoms with van der Waals surface area (Å²) in [5.41, 5.74) is 0. The Kier molecular flexibility index (Phi) is 34.3. The van der Waals surface area contributed by atoms with Crippen LogP contribution in [-0.2, 0) is 32.7 Å². The Morgan fingerprint density at radius 2 is 0.934 bits per heavy atom. The average Bonchev–Trinajstić information content (AvgIpc) is 3.24. The maximum absolute atomic E-state index is 12.8. The highest BCUT2D eigenvalue weighted by Gasteiger charge is 2.51. The second-order valence-electron chi connectivity index (χ2n) is 15.9. The third-order valence-electron chi connectivity index (χ3n) is 10.4. The van der Waals surface area contributed by atoms with Gasteiger partial charge in [0.15, 0.2) is 6.10 Å². The topological polar surface area (TPSA) is 210 Å². The van der Waals surface area contributed by atoms with Crippen LogP contribution in [0.5, 0.6) is 0 Å². The monoisotopic (exact) mass is 885 g/mol. The molecule has 352 valence electrons. The Morgan fingerprint density at radius 1 is 0.525 bits per heavy atom. The van der Waals surface area contributed by atoms with E-state index in [9.17, 15) is 44.6 Å². The Labute approximate surface area is 366 Å². The zero-order valence-electron chi connectivity index (χ0n) is 37.2. The third-order valence-corrected chi connectivity index (χ3v) is 11.4. The van der Waals surface area contributed by atoms with Gasteiger partial charge in [0.25, 0.3) is 0 Å².